The van der Waals surface area contributed by atoms with Crippen LogP contribution in [0.1, 0.15) is 5.89 Å². The molecule has 0 fully saturated rings. The van der Waals surface area contributed by atoms with Crippen LogP contribution in [0.5, 0.6) is 11.5 Å². The van der Waals surface area contributed by atoms with E-state index < -0.39 is 6.09 Å². The third-order valence-electron chi connectivity index (χ3n) is 3.36. The van der Waals surface area contributed by atoms with Gasteiger partial charge in [-0.1, -0.05) is 35.5 Å². The Hall–Kier alpha value is -3.35. The van der Waals surface area contributed by atoms with Crippen LogP contribution in [0.15, 0.2) is 59.1 Å². The second-order valence-corrected chi connectivity index (χ2v) is 5.12. The molecule has 0 unspecified atom stereocenters. The molecule has 1 amide bonds. The molecule has 0 bridgehead atoms. The predicted octanol–water partition coefficient (Wildman–Crippen LogP) is 3.08. The van der Waals surface area contributed by atoms with Gasteiger partial charge in [0.2, 0.25) is 11.7 Å². The lowest BCUT2D eigenvalue weighted by atomic mass is 10.2. The first-order chi connectivity index (χ1) is 12.2. The lowest BCUT2D eigenvalue weighted by Gasteiger charge is -2.04. The van der Waals surface area contributed by atoms with Crippen molar-refractivity contribution in [1.29, 1.82) is 0 Å². The van der Waals surface area contributed by atoms with Crippen molar-refractivity contribution in [1.82, 2.24) is 15.5 Å². The van der Waals surface area contributed by atoms with Crippen molar-refractivity contribution in [3.05, 3.63) is 60.5 Å². The van der Waals surface area contributed by atoms with Gasteiger partial charge in [0.05, 0.1) is 7.11 Å². The zero-order valence-electron chi connectivity index (χ0n) is 13.6. The van der Waals surface area contributed by atoms with Crippen LogP contribution in [0.25, 0.3) is 11.4 Å². The molecule has 0 atom stereocenters. The summed E-state index contributed by atoms with van der Waals surface area (Å²) in [5.41, 5.74) is 0.797. The number of carbonyl (C=O) groups is 1. The molecule has 0 spiro atoms. The number of nitrogens with one attached hydrogen (secondary N) is 1. The molecule has 1 aromatic heterocycles. The number of rotatable bonds is 6. The molecular formula is C18H17N3O4. The topological polar surface area (TPSA) is 86.5 Å². The summed E-state index contributed by atoms with van der Waals surface area (Å²) in [6.07, 6.45) is -0.125. The van der Waals surface area contributed by atoms with Crippen LogP contribution in [0, 0.1) is 0 Å². The molecule has 3 rings (SSSR count). The lowest BCUT2D eigenvalue weighted by molar-refractivity contribution is 0.200. The number of hydrogen-bond donors (Lipinski definition) is 1. The quantitative estimate of drug-likeness (QED) is 0.743. The maximum absolute atomic E-state index is 11.7. The molecule has 0 aliphatic rings. The van der Waals surface area contributed by atoms with E-state index >= 15 is 0 Å². The number of carbonyl (C=O) groups excluding carboxylic acids is 1. The molecule has 0 aliphatic carbocycles. The highest BCUT2D eigenvalue weighted by Crippen LogP contribution is 2.21. The molecule has 0 radical (unpaired) electrons. The molecule has 0 aliphatic heterocycles. The van der Waals surface area contributed by atoms with E-state index in [1.54, 1.807) is 31.4 Å². The molecule has 1 N–H and O–H groups in total. The first kappa shape index (κ1) is 16.5. The number of para-hydroxylation sites is 1. The van der Waals surface area contributed by atoms with Gasteiger partial charge in [-0.15, -0.1) is 0 Å². The zero-order valence-corrected chi connectivity index (χ0v) is 13.6. The number of hydrogen-bond acceptors (Lipinski definition) is 6. The number of aromatic nitrogens is 2. The number of ether oxygens (including phenoxy) is 2. The summed E-state index contributed by atoms with van der Waals surface area (Å²) in [7, 11) is 1.60. The summed E-state index contributed by atoms with van der Waals surface area (Å²) >= 11 is 0. The monoisotopic (exact) mass is 339 g/mol. The Morgan fingerprint density at radius 3 is 2.72 bits per heavy atom. The predicted molar refractivity (Wildman–Crippen MR) is 90.5 cm³/mol. The molecule has 7 heteroatoms. The number of methoxy groups -OCH3 is 1. The van der Waals surface area contributed by atoms with E-state index in [0.717, 1.165) is 5.56 Å². The molecule has 2 aromatic carbocycles. The van der Waals surface area contributed by atoms with E-state index in [1.165, 1.54) is 0 Å². The third-order valence-corrected chi connectivity index (χ3v) is 3.36. The summed E-state index contributed by atoms with van der Waals surface area (Å²) in [5, 5.41) is 6.58. The van der Waals surface area contributed by atoms with Crippen molar-refractivity contribution in [2.45, 2.75) is 6.42 Å². The van der Waals surface area contributed by atoms with Gasteiger partial charge in [-0.25, -0.2) is 4.79 Å². The molecule has 1 heterocycles. The minimum atomic E-state index is -0.529. The van der Waals surface area contributed by atoms with Crippen molar-refractivity contribution < 1.29 is 18.8 Å². The van der Waals surface area contributed by atoms with Crippen LogP contribution < -0.4 is 14.8 Å². The van der Waals surface area contributed by atoms with E-state index in [9.17, 15) is 4.79 Å². The summed E-state index contributed by atoms with van der Waals surface area (Å²) in [6.45, 7) is 0.325. The Labute approximate surface area is 144 Å². The minimum Gasteiger partial charge on any atom is -0.497 e. The van der Waals surface area contributed by atoms with Crippen molar-refractivity contribution in [3.8, 4) is 22.9 Å². The first-order valence-electron chi connectivity index (χ1n) is 7.72. The van der Waals surface area contributed by atoms with Crippen LogP contribution in [0.2, 0.25) is 0 Å². The zero-order chi connectivity index (χ0) is 17.5. The van der Waals surface area contributed by atoms with Crippen LogP contribution in [-0.2, 0) is 6.42 Å². The van der Waals surface area contributed by atoms with E-state index in [0.29, 0.717) is 36.2 Å². The van der Waals surface area contributed by atoms with Crippen molar-refractivity contribution >= 4 is 6.09 Å². The highest BCUT2D eigenvalue weighted by atomic mass is 16.6. The average Bonchev–Trinajstić information content (AvgIpc) is 3.11. The van der Waals surface area contributed by atoms with Crippen molar-refractivity contribution in [3.63, 3.8) is 0 Å². The Balaban J connectivity index is 1.51. The van der Waals surface area contributed by atoms with Gasteiger partial charge in [0.1, 0.15) is 11.5 Å². The fourth-order valence-corrected chi connectivity index (χ4v) is 2.14. The van der Waals surface area contributed by atoms with E-state index in [4.69, 9.17) is 14.0 Å². The first-order valence-corrected chi connectivity index (χ1v) is 7.72. The summed E-state index contributed by atoms with van der Waals surface area (Å²) in [4.78, 5) is 16.0. The highest BCUT2D eigenvalue weighted by molar-refractivity contribution is 5.70. The third kappa shape index (κ3) is 4.57. The van der Waals surface area contributed by atoms with Gasteiger partial charge in [0.15, 0.2) is 0 Å². The summed E-state index contributed by atoms with van der Waals surface area (Å²) in [5.74, 6) is 2.10. The fraction of sp³-hybridized carbons (Fsp3) is 0.167. The molecule has 128 valence electrons. The smallest absolute Gasteiger partial charge is 0.412 e. The lowest BCUT2D eigenvalue weighted by Crippen LogP contribution is -2.28. The van der Waals surface area contributed by atoms with Crippen molar-refractivity contribution in [2.75, 3.05) is 13.7 Å². The van der Waals surface area contributed by atoms with Gasteiger partial charge < -0.3 is 19.3 Å². The summed E-state index contributed by atoms with van der Waals surface area (Å²) < 4.78 is 15.5. The second kappa shape index (κ2) is 7.96. The average molecular weight is 339 g/mol. The molecule has 7 nitrogen and oxygen atoms in total. The Kier molecular flexibility index (Phi) is 5.26. The summed E-state index contributed by atoms with van der Waals surface area (Å²) in [6, 6.07) is 16.2. The largest absolute Gasteiger partial charge is 0.497 e. The normalized spacial score (nSPS) is 10.3. The fourth-order valence-electron chi connectivity index (χ4n) is 2.14. The van der Waals surface area contributed by atoms with Crippen LogP contribution in [-0.4, -0.2) is 29.9 Å². The van der Waals surface area contributed by atoms with Gasteiger partial charge in [-0.2, -0.15) is 4.98 Å². The maximum atomic E-state index is 11.7. The van der Waals surface area contributed by atoms with E-state index in [1.807, 2.05) is 30.3 Å². The molecule has 0 saturated carbocycles. The van der Waals surface area contributed by atoms with Gasteiger partial charge in [0.25, 0.3) is 0 Å². The minimum absolute atomic E-state index is 0.325. The van der Waals surface area contributed by atoms with Crippen LogP contribution >= 0.6 is 0 Å². The number of nitrogens with zero attached hydrogens (tertiary/aromatic N) is 2. The van der Waals surface area contributed by atoms with E-state index in [2.05, 4.69) is 15.5 Å². The highest BCUT2D eigenvalue weighted by Gasteiger charge is 2.10. The molecule has 3 aromatic rings. The molecule has 25 heavy (non-hydrogen) atoms. The van der Waals surface area contributed by atoms with Crippen LogP contribution in [0.3, 0.4) is 0 Å². The molecule has 0 saturated heterocycles. The van der Waals surface area contributed by atoms with Gasteiger partial charge in [-0.3, -0.25) is 0 Å². The standard InChI is InChI=1S/C18H17N3O4/c1-23-15-9-5-6-13(12-15)17-20-16(25-21-17)10-11-19-18(22)24-14-7-3-2-4-8-14/h2-9,12H,10-11H2,1H3,(H,19,22). The maximum Gasteiger partial charge on any atom is 0.412 e. The molecular weight excluding hydrogens is 322 g/mol. The van der Waals surface area contributed by atoms with Gasteiger partial charge >= 0.3 is 6.09 Å². The SMILES string of the molecule is COc1cccc(-c2noc(CCNC(=O)Oc3ccccc3)n2)c1. The van der Waals surface area contributed by atoms with Gasteiger partial charge in [-0.05, 0) is 24.3 Å². The number of benzene rings is 2. The van der Waals surface area contributed by atoms with Gasteiger partial charge in [0, 0.05) is 18.5 Å². The Morgan fingerprint density at radius 2 is 1.92 bits per heavy atom. The Morgan fingerprint density at radius 1 is 1.12 bits per heavy atom. The Bertz CT molecular complexity index is 833. The van der Waals surface area contributed by atoms with E-state index in [-0.39, 0.29) is 0 Å². The van der Waals surface area contributed by atoms with Crippen LogP contribution in [0.4, 0.5) is 4.79 Å². The van der Waals surface area contributed by atoms with Crippen molar-refractivity contribution in [2.24, 2.45) is 0 Å². The second-order valence-electron chi connectivity index (χ2n) is 5.12. The number of amides is 1.